The van der Waals surface area contributed by atoms with Crippen LogP contribution in [0.2, 0.25) is 10.0 Å². The number of nitriles is 1. The predicted molar refractivity (Wildman–Crippen MR) is 120 cm³/mol. The second-order valence-corrected chi connectivity index (χ2v) is 7.59. The normalized spacial score (nSPS) is 10.6. The Kier molecular flexibility index (Phi) is 5.51. The number of halogens is 2. The number of ketones is 1. The van der Waals surface area contributed by atoms with E-state index in [1.807, 2.05) is 12.1 Å². The number of amides is 1. The number of hydrogen-bond donors (Lipinski definition) is 1. The Hall–Kier alpha value is -3.59. The van der Waals surface area contributed by atoms with E-state index in [2.05, 4.69) is 11.4 Å². The number of hydrogen-bond acceptors (Lipinski definition) is 4. The molecule has 4 aromatic rings. The number of fused-ring (bicyclic) bond motifs is 1. The van der Waals surface area contributed by atoms with Gasteiger partial charge in [-0.3, -0.25) is 9.59 Å². The molecule has 0 unspecified atom stereocenters. The number of rotatable bonds is 4. The van der Waals surface area contributed by atoms with Crippen molar-refractivity contribution in [2.75, 3.05) is 7.05 Å². The highest BCUT2D eigenvalue weighted by Gasteiger charge is 2.27. The Morgan fingerprint density at radius 3 is 2.48 bits per heavy atom. The van der Waals surface area contributed by atoms with E-state index in [4.69, 9.17) is 32.9 Å². The summed E-state index contributed by atoms with van der Waals surface area (Å²) in [5.74, 6) is -1.09. The van der Waals surface area contributed by atoms with Gasteiger partial charge in [0, 0.05) is 23.0 Å². The molecule has 0 aliphatic heterocycles. The van der Waals surface area contributed by atoms with Gasteiger partial charge in [-0.05, 0) is 53.6 Å². The van der Waals surface area contributed by atoms with Crippen LogP contribution < -0.4 is 5.32 Å². The summed E-state index contributed by atoms with van der Waals surface area (Å²) in [7, 11) is 1.48. The minimum atomic E-state index is -0.524. The van der Waals surface area contributed by atoms with Crippen LogP contribution in [0, 0.1) is 11.3 Å². The average molecular weight is 449 g/mol. The highest BCUT2D eigenvalue weighted by Crippen LogP contribution is 2.33. The molecule has 0 aliphatic carbocycles. The van der Waals surface area contributed by atoms with E-state index >= 15 is 0 Å². The van der Waals surface area contributed by atoms with Crippen molar-refractivity contribution in [2.45, 2.75) is 0 Å². The maximum atomic E-state index is 13.2. The zero-order chi connectivity index (χ0) is 22.1. The van der Waals surface area contributed by atoms with Gasteiger partial charge in [0.05, 0.1) is 22.2 Å². The molecule has 1 N–H and O–H groups in total. The molecule has 152 valence electrons. The molecule has 31 heavy (non-hydrogen) atoms. The maximum absolute atomic E-state index is 13.2. The van der Waals surface area contributed by atoms with E-state index in [1.165, 1.54) is 19.2 Å². The summed E-state index contributed by atoms with van der Waals surface area (Å²) in [6.45, 7) is 0. The largest absolute Gasteiger partial charge is 0.452 e. The van der Waals surface area contributed by atoms with Gasteiger partial charge in [0.1, 0.15) is 5.58 Å². The molecule has 0 spiro atoms. The van der Waals surface area contributed by atoms with Crippen molar-refractivity contribution in [1.29, 1.82) is 5.26 Å². The fraction of sp³-hybridized carbons (Fsp3) is 0.0417. The van der Waals surface area contributed by atoms with E-state index in [-0.39, 0.29) is 21.9 Å². The van der Waals surface area contributed by atoms with Gasteiger partial charge in [-0.2, -0.15) is 5.26 Å². The maximum Gasteiger partial charge on any atom is 0.255 e. The number of benzene rings is 3. The van der Waals surface area contributed by atoms with Gasteiger partial charge in [0.2, 0.25) is 5.78 Å². The SMILES string of the molecule is CNC(=O)c1c(C(=O)c2ccc(Cl)cc2Cl)oc2cc(-c3cccc(C#N)c3)ccc12. The number of furan rings is 1. The first-order chi connectivity index (χ1) is 14.9. The molecule has 1 amide bonds. The molecule has 0 atom stereocenters. The monoisotopic (exact) mass is 448 g/mol. The number of carbonyl (C=O) groups excluding carboxylic acids is 2. The van der Waals surface area contributed by atoms with Crippen LogP contribution in [0.3, 0.4) is 0 Å². The fourth-order valence-corrected chi connectivity index (χ4v) is 3.85. The fourth-order valence-electron chi connectivity index (χ4n) is 3.35. The Labute approximate surface area is 187 Å². The molecular weight excluding hydrogens is 435 g/mol. The first-order valence-electron chi connectivity index (χ1n) is 9.22. The molecule has 1 heterocycles. The third-order valence-electron chi connectivity index (χ3n) is 4.85. The van der Waals surface area contributed by atoms with Crippen LogP contribution in [-0.2, 0) is 0 Å². The molecule has 1 aromatic heterocycles. The topological polar surface area (TPSA) is 83.1 Å². The van der Waals surface area contributed by atoms with Gasteiger partial charge in [0.25, 0.3) is 5.91 Å². The van der Waals surface area contributed by atoms with Crippen molar-refractivity contribution in [1.82, 2.24) is 5.32 Å². The van der Waals surface area contributed by atoms with E-state index in [9.17, 15) is 9.59 Å². The molecule has 0 fully saturated rings. The van der Waals surface area contributed by atoms with Crippen LogP contribution >= 0.6 is 23.2 Å². The standard InChI is InChI=1S/C24H14Cl2N2O3/c1-28-24(30)21-18-7-5-15(14-4-2-3-13(9-14)12-27)10-20(18)31-23(21)22(29)17-8-6-16(25)11-19(17)26/h2-11H,1H3,(H,28,30). The van der Waals surface area contributed by atoms with Crippen molar-refractivity contribution in [3.63, 3.8) is 0 Å². The van der Waals surface area contributed by atoms with Crippen LogP contribution in [-0.4, -0.2) is 18.7 Å². The van der Waals surface area contributed by atoms with Crippen LogP contribution in [0.25, 0.3) is 22.1 Å². The lowest BCUT2D eigenvalue weighted by atomic mass is 10.00. The minimum absolute atomic E-state index is 0.110. The van der Waals surface area contributed by atoms with Crippen molar-refractivity contribution >= 4 is 45.9 Å². The van der Waals surface area contributed by atoms with Gasteiger partial charge in [-0.1, -0.05) is 41.4 Å². The quantitative estimate of drug-likeness (QED) is 0.395. The predicted octanol–water partition coefficient (Wildman–Crippen LogP) is 5.87. The molecule has 0 radical (unpaired) electrons. The zero-order valence-corrected chi connectivity index (χ0v) is 17.7. The van der Waals surface area contributed by atoms with Gasteiger partial charge in [-0.15, -0.1) is 0 Å². The summed E-state index contributed by atoms with van der Waals surface area (Å²) in [5, 5.41) is 12.7. The van der Waals surface area contributed by atoms with Gasteiger partial charge >= 0.3 is 0 Å². The molecule has 3 aromatic carbocycles. The minimum Gasteiger partial charge on any atom is -0.452 e. The van der Waals surface area contributed by atoms with E-state index in [1.54, 1.807) is 36.4 Å². The van der Waals surface area contributed by atoms with Crippen molar-refractivity contribution in [3.05, 3.63) is 93.2 Å². The smallest absolute Gasteiger partial charge is 0.255 e. The average Bonchev–Trinajstić information content (AvgIpc) is 3.17. The number of nitrogens with zero attached hydrogens (tertiary/aromatic N) is 1. The molecule has 0 bridgehead atoms. The molecule has 7 heteroatoms. The summed E-state index contributed by atoms with van der Waals surface area (Å²) < 4.78 is 5.88. The molecule has 4 rings (SSSR count). The summed E-state index contributed by atoms with van der Waals surface area (Å²) in [4.78, 5) is 25.8. The van der Waals surface area contributed by atoms with E-state index in [0.717, 1.165) is 11.1 Å². The van der Waals surface area contributed by atoms with Crippen LogP contribution in [0.15, 0.2) is 65.1 Å². The summed E-state index contributed by atoms with van der Waals surface area (Å²) in [6, 6.07) is 19.0. The summed E-state index contributed by atoms with van der Waals surface area (Å²) in [5.41, 5.74) is 2.80. The highest BCUT2D eigenvalue weighted by atomic mass is 35.5. The van der Waals surface area contributed by atoms with Gasteiger partial charge in [-0.25, -0.2) is 0 Å². The molecule has 5 nitrogen and oxygen atoms in total. The van der Waals surface area contributed by atoms with Gasteiger partial charge in [0.15, 0.2) is 5.76 Å². The van der Waals surface area contributed by atoms with Crippen LogP contribution in [0.1, 0.15) is 32.0 Å². The van der Waals surface area contributed by atoms with Crippen molar-refractivity contribution in [3.8, 4) is 17.2 Å². The Balaban J connectivity index is 1.89. The first kappa shape index (κ1) is 20.7. The second-order valence-electron chi connectivity index (χ2n) is 6.74. The first-order valence-corrected chi connectivity index (χ1v) is 9.97. The lowest BCUT2D eigenvalue weighted by molar-refractivity contribution is 0.0944. The Bertz CT molecular complexity index is 1400. The Morgan fingerprint density at radius 2 is 1.77 bits per heavy atom. The molecule has 0 aliphatic rings. The van der Waals surface area contributed by atoms with Crippen LogP contribution in [0.4, 0.5) is 0 Å². The summed E-state index contributed by atoms with van der Waals surface area (Å²) in [6.07, 6.45) is 0. The van der Waals surface area contributed by atoms with Crippen molar-refractivity contribution in [2.24, 2.45) is 0 Å². The van der Waals surface area contributed by atoms with Crippen molar-refractivity contribution < 1.29 is 14.0 Å². The lowest BCUT2D eigenvalue weighted by Crippen LogP contribution is -2.20. The zero-order valence-electron chi connectivity index (χ0n) is 16.2. The highest BCUT2D eigenvalue weighted by molar-refractivity contribution is 6.37. The summed E-state index contributed by atoms with van der Waals surface area (Å²) >= 11 is 12.1. The second kappa shape index (κ2) is 8.27. The molecule has 0 saturated carbocycles. The molecular formula is C24H14Cl2N2O3. The number of nitrogens with one attached hydrogen (secondary N) is 1. The third kappa shape index (κ3) is 3.79. The molecule has 0 saturated heterocycles. The third-order valence-corrected chi connectivity index (χ3v) is 5.40. The van der Waals surface area contributed by atoms with Gasteiger partial charge < -0.3 is 9.73 Å². The van der Waals surface area contributed by atoms with E-state index in [0.29, 0.717) is 21.6 Å². The number of carbonyl (C=O) groups is 2. The van der Waals surface area contributed by atoms with Crippen LogP contribution in [0.5, 0.6) is 0 Å². The Morgan fingerprint density at radius 1 is 1.00 bits per heavy atom. The van der Waals surface area contributed by atoms with E-state index < -0.39 is 11.7 Å². The lowest BCUT2D eigenvalue weighted by Gasteiger charge is -2.04.